The molecular formula is C18H18ClN3OS. The molecule has 24 heavy (non-hydrogen) atoms. The molecule has 6 heteroatoms. The van der Waals surface area contributed by atoms with E-state index in [9.17, 15) is 4.79 Å². The van der Waals surface area contributed by atoms with Gasteiger partial charge in [-0.3, -0.25) is 4.79 Å². The average Bonchev–Trinajstić information content (AvgIpc) is 3.17. The number of aromatic nitrogens is 2. The molecule has 0 spiro atoms. The molecule has 2 aromatic heterocycles. The minimum atomic E-state index is -0.0939. The highest BCUT2D eigenvalue weighted by Crippen LogP contribution is 2.26. The maximum Gasteiger partial charge on any atom is 0.267 e. The van der Waals surface area contributed by atoms with Gasteiger partial charge < -0.3 is 10.3 Å². The number of nitrogens with one attached hydrogen (secondary N) is 2. The average molecular weight is 360 g/mol. The number of nitrogens with zero attached hydrogens (tertiary/aromatic N) is 1. The van der Waals surface area contributed by atoms with Crippen LogP contribution in [0.25, 0.3) is 10.9 Å². The Bertz CT molecular complexity index is 875. The number of halogens is 1. The summed E-state index contributed by atoms with van der Waals surface area (Å²) in [5.74, 6) is -0.0939. The van der Waals surface area contributed by atoms with Gasteiger partial charge >= 0.3 is 0 Å². The van der Waals surface area contributed by atoms with E-state index in [1.165, 1.54) is 23.4 Å². The van der Waals surface area contributed by atoms with Crippen LogP contribution >= 0.6 is 22.9 Å². The minimum Gasteiger partial charge on any atom is -0.350 e. The second-order valence-corrected chi connectivity index (χ2v) is 7.71. The zero-order valence-electron chi connectivity index (χ0n) is 13.2. The summed E-state index contributed by atoms with van der Waals surface area (Å²) in [4.78, 5) is 21.6. The summed E-state index contributed by atoms with van der Waals surface area (Å²) in [6.45, 7) is 0.599. The molecule has 0 atom stereocenters. The van der Waals surface area contributed by atoms with Crippen molar-refractivity contribution in [2.24, 2.45) is 0 Å². The largest absolute Gasteiger partial charge is 0.350 e. The van der Waals surface area contributed by atoms with Gasteiger partial charge in [-0.15, -0.1) is 11.3 Å². The Hall–Kier alpha value is -1.85. The van der Waals surface area contributed by atoms with E-state index >= 15 is 0 Å². The van der Waals surface area contributed by atoms with Gasteiger partial charge in [0, 0.05) is 33.8 Å². The van der Waals surface area contributed by atoms with E-state index in [0.717, 1.165) is 35.2 Å². The van der Waals surface area contributed by atoms with Crippen LogP contribution < -0.4 is 5.32 Å². The third-order valence-corrected chi connectivity index (χ3v) is 5.80. The number of hydrogen-bond acceptors (Lipinski definition) is 3. The fourth-order valence-electron chi connectivity index (χ4n) is 3.11. The van der Waals surface area contributed by atoms with Crippen LogP contribution in [-0.4, -0.2) is 22.4 Å². The Labute approximate surface area is 149 Å². The van der Waals surface area contributed by atoms with Gasteiger partial charge in [0.05, 0.1) is 10.7 Å². The van der Waals surface area contributed by atoms with Gasteiger partial charge in [-0.2, -0.15) is 0 Å². The highest BCUT2D eigenvalue weighted by atomic mass is 35.5. The van der Waals surface area contributed by atoms with Gasteiger partial charge in [0.15, 0.2) is 0 Å². The van der Waals surface area contributed by atoms with E-state index in [0.29, 0.717) is 17.3 Å². The molecule has 0 bridgehead atoms. The summed E-state index contributed by atoms with van der Waals surface area (Å²) in [5.41, 5.74) is 2.71. The lowest BCUT2D eigenvalue weighted by molar-refractivity contribution is 0.0950. The van der Waals surface area contributed by atoms with Crippen LogP contribution in [0, 0.1) is 0 Å². The summed E-state index contributed by atoms with van der Waals surface area (Å²) >= 11 is 7.78. The lowest BCUT2D eigenvalue weighted by Gasteiger charge is -2.06. The number of hydrogen-bond donors (Lipinski definition) is 2. The fraction of sp³-hybridized carbons (Fsp3) is 0.333. The third kappa shape index (κ3) is 3.19. The van der Waals surface area contributed by atoms with E-state index in [1.807, 2.05) is 24.3 Å². The number of benzene rings is 1. The molecule has 0 saturated heterocycles. The zero-order valence-corrected chi connectivity index (χ0v) is 14.8. The van der Waals surface area contributed by atoms with Crippen molar-refractivity contribution < 1.29 is 4.79 Å². The highest BCUT2D eigenvalue weighted by Gasteiger charge is 2.15. The van der Waals surface area contributed by atoms with Gasteiger partial charge in [-0.1, -0.05) is 17.7 Å². The SMILES string of the molecule is O=C(NCCc1nc2c(s1)CCCC2)c1cc2ccc(Cl)cc2[nH]1. The molecule has 1 amide bonds. The summed E-state index contributed by atoms with van der Waals surface area (Å²) in [6.07, 6.45) is 5.58. The van der Waals surface area contributed by atoms with Crippen LogP contribution in [0.5, 0.6) is 0 Å². The minimum absolute atomic E-state index is 0.0939. The topological polar surface area (TPSA) is 57.8 Å². The van der Waals surface area contributed by atoms with E-state index < -0.39 is 0 Å². The van der Waals surface area contributed by atoms with E-state index in [4.69, 9.17) is 16.6 Å². The fourth-order valence-corrected chi connectivity index (χ4v) is 4.44. The van der Waals surface area contributed by atoms with Crippen molar-refractivity contribution in [2.75, 3.05) is 6.54 Å². The van der Waals surface area contributed by atoms with Crippen LogP contribution in [-0.2, 0) is 19.3 Å². The molecule has 0 fully saturated rings. The smallest absolute Gasteiger partial charge is 0.267 e. The normalized spacial score (nSPS) is 13.9. The zero-order chi connectivity index (χ0) is 16.5. The first-order valence-electron chi connectivity index (χ1n) is 8.23. The Kier molecular flexibility index (Phi) is 4.29. The molecule has 124 valence electrons. The predicted octanol–water partition coefficient (Wildman–Crippen LogP) is 4.13. The number of H-pyrrole nitrogens is 1. The van der Waals surface area contributed by atoms with Crippen molar-refractivity contribution in [1.29, 1.82) is 0 Å². The van der Waals surface area contributed by atoms with E-state index in [1.54, 1.807) is 11.3 Å². The van der Waals surface area contributed by atoms with Crippen molar-refractivity contribution in [3.8, 4) is 0 Å². The van der Waals surface area contributed by atoms with Crippen LogP contribution in [0.4, 0.5) is 0 Å². The molecule has 1 aromatic carbocycles. The summed E-state index contributed by atoms with van der Waals surface area (Å²) in [6, 6.07) is 7.41. The quantitative estimate of drug-likeness (QED) is 0.735. The molecule has 0 unspecified atom stereocenters. The maximum atomic E-state index is 12.3. The van der Waals surface area contributed by atoms with E-state index in [-0.39, 0.29) is 5.91 Å². The Morgan fingerprint density at radius 2 is 2.17 bits per heavy atom. The van der Waals surface area contributed by atoms with Gasteiger partial charge in [0.1, 0.15) is 5.69 Å². The lowest BCUT2D eigenvalue weighted by Crippen LogP contribution is -2.25. The van der Waals surface area contributed by atoms with Gasteiger partial charge in [0.2, 0.25) is 0 Å². The second kappa shape index (κ2) is 6.57. The molecule has 0 saturated carbocycles. The van der Waals surface area contributed by atoms with Gasteiger partial charge in [0.25, 0.3) is 5.91 Å². The maximum absolute atomic E-state index is 12.3. The molecule has 0 aliphatic heterocycles. The van der Waals surface area contributed by atoms with Crippen molar-refractivity contribution >= 4 is 39.7 Å². The number of carbonyl (C=O) groups excluding carboxylic acids is 1. The number of fused-ring (bicyclic) bond motifs is 2. The number of aromatic amines is 1. The Morgan fingerprint density at radius 3 is 3.04 bits per heavy atom. The number of aryl methyl sites for hydroxylation is 2. The summed E-state index contributed by atoms with van der Waals surface area (Å²) < 4.78 is 0. The second-order valence-electron chi connectivity index (χ2n) is 6.11. The third-order valence-electron chi connectivity index (χ3n) is 4.34. The van der Waals surface area contributed by atoms with Crippen LogP contribution in [0.15, 0.2) is 24.3 Å². The van der Waals surface area contributed by atoms with Crippen LogP contribution in [0.1, 0.15) is 38.9 Å². The number of carbonyl (C=O) groups is 1. The van der Waals surface area contributed by atoms with Crippen LogP contribution in [0.2, 0.25) is 5.02 Å². The molecule has 4 rings (SSSR count). The first-order chi connectivity index (χ1) is 11.7. The molecule has 3 aromatic rings. The van der Waals surface area contributed by atoms with Gasteiger partial charge in [-0.05, 0) is 43.9 Å². The molecular weight excluding hydrogens is 342 g/mol. The molecule has 2 heterocycles. The molecule has 4 nitrogen and oxygen atoms in total. The lowest BCUT2D eigenvalue weighted by atomic mass is 10.0. The predicted molar refractivity (Wildman–Crippen MR) is 98.1 cm³/mol. The Balaban J connectivity index is 1.38. The standard InChI is InChI=1S/C18H18ClN3OS/c19-12-6-5-11-9-15(21-14(11)10-12)18(23)20-8-7-17-22-13-3-1-2-4-16(13)24-17/h5-6,9-10,21H,1-4,7-8H2,(H,20,23). The van der Waals surface area contributed by atoms with Crippen molar-refractivity contribution in [3.05, 3.63) is 50.6 Å². The molecule has 0 radical (unpaired) electrons. The van der Waals surface area contributed by atoms with E-state index in [2.05, 4.69) is 10.3 Å². The number of rotatable bonds is 4. The highest BCUT2D eigenvalue weighted by molar-refractivity contribution is 7.11. The monoisotopic (exact) mass is 359 g/mol. The first kappa shape index (κ1) is 15.7. The van der Waals surface area contributed by atoms with Crippen molar-refractivity contribution in [2.45, 2.75) is 32.1 Å². The van der Waals surface area contributed by atoms with Crippen molar-refractivity contribution in [3.63, 3.8) is 0 Å². The molecule has 2 N–H and O–H groups in total. The molecule has 1 aliphatic carbocycles. The van der Waals surface area contributed by atoms with Crippen LogP contribution in [0.3, 0.4) is 0 Å². The molecule has 1 aliphatic rings. The number of thiazole rings is 1. The number of amides is 1. The summed E-state index contributed by atoms with van der Waals surface area (Å²) in [7, 11) is 0. The first-order valence-corrected chi connectivity index (χ1v) is 9.42. The van der Waals surface area contributed by atoms with Gasteiger partial charge in [-0.25, -0.2) is 4.98 Å². The Morgan fingerprint density at radius 1 is 1.29 bits per heavy atom. The summed E-state index contributed by atoms with van der Waals surface area (Å²) in [5, 5.41) is 5.74. The van der Waals surface area contributed by atoms with Crippen molar-refractivity contribution in [1.82, 2.24) is 15.3 Å².